The third-order valence-corrected chi connectivity index (χ3v) is 3.03. The Bertz CT molecular complexity index is 651. The molecule has 20 heavy (non-hydrogen) atoms. The maximum Gasteiger partial charge on any atom is 0.257 e. The molecule has 0 aliphatic carbocycles. The molecule has 2 aromatic carbocycles. The van der Waals surface area contributed by atoms with Crippen molar-refractivity contribution in [3.8, 4) is 0 Å². The van der Waals surface area contributed by atoms with Crippen molar-refractivity contribution in [2.45, 2.75) is 13.8 Å². The topological polar surface area (TPSA) is 58.2 Å². The van der Waals surface area contributed by atoms with E-state index in [1.165, 1.54) is 0 Å². The number of hydrogen-bond acceptors (Lipinski definition) is 2. The van der Waals surface area contributed by atoms with Crippen molar-refractivity contribution in [2.24, 2.45) is 0 Å². The number of rotatable bonds is 4. The number of aryl methyl sites for hydroxylation is 2. The van der Waals surface area contributed by atoms with Crippen molar-refractivity contribution < 1.29 is 9.59 Å². The molecule has 2 rings (SSSR count). The molecule has 0 saturated carbocycles. The Kier molecular flexibility index (Phi) is 4.15. The first kappa shape index (κ1) is 13.8. The first-order valence-electron chi connectivity index (χ1n) is 6.29. The molecule has 0 heterocycles. The summed E-state index contributed by atoms with van der Waals surface area (Å²) in [4.78, 5) is 22.9. The number of nitrogens with one attached hydrogen (secondary N) is 2. The Balaban J connectivity index is 2.28. The van der Waals surface area contributed by atoms with E-state index in [1.54, 1.807) is 24.3 Å². The van der Waals surface area contributed by atoms with Crippen molar-refractivity contribution in [2.75, 3.05) is 10.6 Å². The van der Waals surface area contributed by atoms with E-state index >= 15 is 0 Å². The third-order valence-electron chi connectivity index (χ3n) is 3.03. The molecule has 0 aliphatic heterocycles. The third kappa shape index (κ3) is 3.03. The highest BCUT2D eigenvalue weighted by molar-refractivity contribution is 6.09. The van der Waals surface area contributed by atoms with Crippen molar-refractivity contribution in [3.63, 3.8) is 0 Å². The molecule has 0 saturated heterocycles. The molecule has 4 heteroatoms. The highest BCUT2D eigenvalue weighted by atomic mass is 16.2. The fourth-order valence-corrected chi connectivity index (χ4v) is 1.93. The Morgan fingerprint density at radius 3 is 2.55 bits per heavy atom. The summed E-state index contributed by atoms with van der Waals surface area (Å²) < 4.78 is 0. The average molecular weight is 268 g/mol. The SMILES string of the molecule is Cc1ccc(C)c(NC(=O)c2ccccc2NC=O)c1. The number of para-hydroxylation sites is 1. The van der Waals surface area contributed by atoms with Crippen LogP contribution < -0.4 is 10.6 Å². The van der Waals surface area contributed by atoms with Crippen molar-refractivity contribution >= 4 is 23.7 Å². The van der Waals surface area contributed by atoms with Gasteiger partial charge in [0, 0.05) is 5.69 Å². The van der Waals surface area contributed by atoms with Crippen molar-refractivity contribution in [3.05, 3.63) is 59.2 Å². The molecule has 0 fully saturated rings. The number of amides is 2. The summed E-state index contributed by atoms with van der Waals surface area (Å²) in [6, 6.07) is 12.8. The second-order valence-corrected chi connectivity index (χ2v) is 4.58. The van der Waals surface area contributed by atoms with Crippen LogP contribution in [0.3, 0.4) is 0 Å². The van der Waals surface area contributed by atoms with Gasteiger partial charge in [-0.2, -0.15) is 0 Å². The number of anilines is 2. The number of carbonyl (C=O) groups is 2. The van der Waals surface area contributed by atoms with Gasteiger partial charge in [-0.1, -0.05) is 24.3 Å². The van der Waals surface area contributed by atoms with Gasteiger partial charge >= 0.3 is 0 Å². The number of hydrogen-bond donors (Lipinski definition) is 2. The number of benzene rings is 2. The largest absolute Gasteiger partial charge is 0.328 e. The molecule has 4 nitrogen and oxygen atoms in total. The van der Waals surface area contributed by atoms with Crippen LogP contribution in [0.15, 0.2) is 42.5 Å². The summed E-state index contributed by atoms with van der Waals surface area (Å²) in [5, 5.41) is 5.40. The summed E-state index contributed by atoms with van der Waals surface area (Å²) >= 11 is 0. The van der Waals surface area contributed by atoms with E-state index in [1.807, 2.05) is 32.0 Å². The lowest BCUT2D eigenvalue weighted by Gasteiger charge is -2.11. The average Bonchev–Trinajstić information content (AvgIpc) is 2.44. The molecule has 2 aromatic rings. The van der Waals surface area contributed by atoms with Gasteiger partial charge < -0.3 is 10.6 Å². The van der Waals surface area contributed by atoms with E-state index in [2.05, 4.69) is 10.6 Å². The van der Waals surface area contributed by atoms with Crippen molar-refractivity contribution in [1.29, 1.82) is 0 Å². The Morgan fingerprint density at radius 1 is 1.05 bits per heavy atom. The lowest BCUT2D eigenvalue weighted by atomic mass is 10.1. The molecule has 102 valence electrons. The van der Waals surface area contributed by atoms with Crippen LogP contribution in [-0.4, -0.2) is 12.3 Å². The smallest absolute Gasteiger partial charge is 0.257 e. The van der Waals surface area contributed by atoms with Gasteiger partial charge in [0.1, 0.15) is 0 Å². The van der Waals surface area contributed by atoms with Gasteiger partial charge in [-0.15, -0.1) is 0 Å². The highest BCUT2D eigenvalue weighted by Crippen LogP contribution is 2.20. The predicted molar refractivity (Wildman–Crippen MR) is 80.0 cm³/mol. The molecule has 0 unspecified atom stereocenters. The minimum atomic E-state index is -0.247. The molecule has 0 spiro atoms. The van der Waals surface area contributed by atoms with Crippen LogP contribution in [0.4, 0.5) is 11.4 Å². The quantitative estimate of drug-likeness (QED) is 0.837. The van der Waals surface area contributed by atoms with E-state index in [-0.39, 0.29) is 5.91 Å². The predicted octanol–water partition coefficient (Wildman–Crippen LogP) is 3.12. The number of carbonyl (C=O) groups excluding carboxylic acids is 2. The standard InChI is InChI=1S/C16H16N2O2/c1-11-7-8-12(2)15(9-11)18-16(20)13-5-3-4-6-14(13)17-10-19/h3-10H,1-2H3,(H,17,19)(H,18,20). The van der Waals surface area contributed by atoms with Gasteiger partial charge in [-0.3, -0.25) is 9.59 Å². The summed E-state index contributed by atoms with van der Waals surface area (Å²) in [5.74, 6) is -0.247. The van der Waals surface area contributed by atoms with Gasteiger partial charge in [0.05, 0.1) is 11.3 Å². The zero-order chi connectivity index (χ0) is 14.5. The monoisotopic (exact) mass is 268 g/mol. The maximum absolute atomic E-state index is 12.3. The molecule has 0 radical (unpaired) electrons. The minimum absolute atomic E-state index is 0.247. The van der Waals surface area contributed by atoms with Crippen LogP contribution in [-0.2, 0) is 4.79 Å². The highest BCUT2D eigenvalue weighted by Gasteiger charge is 2.11. The molecule has 0 aromatic heterocycles. The Hall–Kier alpha value is -2.62. The van der Waals surface area contributed by atoms with Crippen LogP contribution in [0.2, 0.25) is 0 Å². The molecule has 0 atom stereocenters. The first-order valence-corrected chi connectivity index (χ1v) is 6.29. The Labute approximate surface area is 117 Å². The van der Waals surface area contributed by atoms with E-state index in [0.717, 1.165) is 16.8 Å². The zero-order valence-corrected chi connectivity index (χ0v) is 11.4. The second kappa shape index (κ2) is 6.02. The summed E-state index contributed by atoms with van der Waals surface area (Å²) in [6.07, 6.45) is 0.560. The normalized spacial score (nSPS) is 9.90. The summed E-state index contributed by atoms with van der Waals surface area (Å²) in [6.45, 7) is 3.90. The fraction of sp³-hybridized carbons (Fsp3) is 0.125. The molecular formula is C16H16N2O2. The van der Waals surface area contributed by atoms with Crippen LogP contribution in [0.5, 0.6) is 0 Å². The van der Waals surface area contributed by atoms with Gasteiger partial charge in [0.25, 0.3) is 5.91 Å². The van der Waals surface area contributed by atoms with E-state index in [9.17, 15) is 9.59 Å². The lowest BCUT2D eigenvalue weighted by Crippen LogP contribution is -2.15. The second-order valence-electron chi connectivity index (χ2n) is 4.58. The zero-order valence-electron chi connectivity index (χ0n) is 11.4. The van der Waals surface area contributed by atoms with Crippen LogP contribution in [0, 0.1) is 13.8 Å². The molecule has 2 N–H and O–H groups in total. The lowest BCUT2D eigenvalue weighted by molar-refractivity contribution is -0.105. The van der Waals surface area contributed by atoms with Gasteiger partial charge in [0.15, 0.2) is 0 Å². The molecule has 0 aliphatic rings. The van der Waals surface area contributed by atoms with Crippen LogP contribution in [0.1, 0.15) is 21.5 Å². The van der Waals surface area contributed by atoms with Gasteiger partial charge in [-0.05, 0) is 43.2 Å². The minimum Gasteiger partial charge on any atom is -0.328 e. The fourth-order valence-electron chi connectivity index (χ4n) is 1.93. The molecule has 0 bridgehead atoms. The maximum atomic E-state index is 12.3. The van der Waals surface area contributed by atoms with Gasteiger partial charge in [-0.25, -0.2) is 0 Å². The van der Waals surface area contributed by atoms with Crippen LogP contribution in [0.25, 0.3) is 0 Å². The molecular weight excluding hydrogens is 252 g/mol. The van der Waals surface area contributed by atoms with Gasteiger partial charge in [0.2, 0.25) is 6.41 Å². The summed E-state index contributed by atoms with van der Waals surface area (Å²) in [7, 11) is 0. The van der Waals surface area contributed by atoms with E-state index in [4.69, 9.17) is 0 Å². The van der Waals surface area contributed by atoms with Crippen LogP contribution >= 0.6 is 0 Å². The van der Waals surface area contributed by atoms with E-state index < -0.39 is 0 Å². The van der Waals surface area contributed by atoms with E-state index in [0.29, 0.717) is 17.7 Å². The van der Waals surface area contributed by atoms with Crippen molar-refractivity contribution in [1.82, 2.24) is 0 Å². The molecule has 2 amide bonds. The Morgan fingerprint density at radius 2 is 1.80 bits per heavy atom. The summed E-state index contributed by atoms with van der Waals surface area (Å²) in [5.41, 5.74) is 3.76. The first-order chi connectivity index (χ1) is 9.61.